The van der Waals surface area contributed by atoms with Crippen LogP contribution in [0.4, 0.5) is 0 Å². The minimum absolute atomic E-state index is 0.221. The predicted octanol–water partition coefficient (Wildman–Crippen LogP) is 2.63. The Morgan fingerprint density at radius 3 is 2.82 bits per heavy atom. The molecule has 0 aliphatic heterocycles. The number of nitriles is 1. The fraction of sp³-hybridized carbons (Fsp3) is 0.500. The minimum atomic E-state index is 0.221. The molecule has 0 aliphatic carbocycles. The molecule has 92 valence electrons. The van der Waals surface area contributed by atoms with Gasteiger partial charge < -0.3 is 10.1 Å². The molecule has 0 spiro atoms. The van der Waals surface area contributed by atoms with E-state index in [1.165, 1.54) is 0 Å². The number of benzene rings is 1. The van der Waals surface area contributed by atoms with Crippen molar-refractivity contribution in [3.05, 3.63) is 35.4 Å². The van der Waals surface area contributed by atoms with Crippen molar-refractivity contribution in [2.24, 2.45) is 0 Å². The molecule has 3 nitrogen and oxygen atoms in total. The van der Waals surface area contributed by atoms with Gasteiger partial charge in [0.2, 0.25) is 0 Å². The van der Waals surface area contributed by atoms with Crippen LogP contribution < -0.4 is 5.32 Å². The van der Waals surface area contributed by atoms with Gasteiger partial charge in [0.1, 0.15) is 0 Å². The van der Waals surface area contributed by atoms with Gasteiger partial charge in [0.25, 0.3) is 0 Å². The third-order valence-corrected chi connectivity index (χ3v) is 2.62. The Labute approximate surface area is 103 Å². The highest BCUT2D eigenvalue weighted by Gasteiger charge is 2.09. The predicted molar refractivity (Wildman–Crippen MR) is 68.7 cm³/mol. The summed E-state index contributed by atoms with van der Waals surface area (Å²) >= 11 is 0. The average Bonchev–Trinajstić information content (AvgIpc) is 2.36. The molecule has 0 aliphatic rings. The lowest BCUT2D eigenvalue weighted by molar-refractivity contribution is 0.124. The summed E-state index contributed by atoms with van der Waals surface area (Å²) in [6, 6.07) is 10.4. The van der Waals surface area contributed by atoms with Gasteiger partial charge in [-0.3, -0.25) is 0 Å². The summed E-state index contributed by atoms with van der Waals surface area (Å²) in [4.78, 5) is 0. The largest absolute Gasteiger partial charge is 0.380 e. The highest BCUT2D eigenvalue weighted by Crippen LogP contribution is 2.14. The molecule has 3 heteroatoms. The van der Waals surface area contributed by atoms with Gasteiger partial charge in [-0.1, -0.05) is 12.1 Å². The molecule has 0 heterocycles. The van der Waals surface area contributed by atoms with Crippen LogP contribution in [-0.4, -0.2) is 19.3 Å². The normalized spacial score (nSPS) is 14.0. The van der Waals surface area contributed by atoms with Gasteiger partial charge in [-0.2, -0.15) is 5.26 Å². The van der Waals surface area contributed by atoms with Crippen LogP contribution in [0.3, 0.4) is 0 Å². The zero-order chi connectivity index (χ0) is 12.7. The van der Waals surface area contributed by atoms with Crippen LogP contribution in [0.1, 0.15) is 37.9 Å². The van der Waals surface area contributed by atoms with Crippen molar-refractivity contribution in [3.63, 3.8) is 0 Å². The number of hydrogen-bond donors (Lipinski definition) is 1. The van der Waals surface area contributed by atoms with Crippen LogP contribution in [0.15, 0.2) is 24.3 Å². The Balaban J connectivity index is 2.57. The molecule has 2 unspecified atom stereocenters. The summed E-state index contributed by atoms with van der Waals surface area (Å²) in [5, 5.41) is 12.3. The molecule has 1 N–H and O–H groups in total. The number of nitrogens with zero attached hydrogens (tertiary/aromatic N) is 1. The van der Waals surface area contributed by atoms with Gasteiger partial charge in [0.05, 0.1) is 18.2 Å². The van der Waals surface area contributed by atoms with E-state index in [-0.39, 0.29) is 6.04 Å². The summed E-state index contributed by atoms with van der Waals surface area (Å²) < 4.78 is 5.36. The lowest BCUT2D eigenvalue weighted by atomic mass is 10.1. The molecular weight excluding hydrogens is 212 g/mol. The topological polar surface area (TPSA) is 45.0 Å². The van der Waals surface area contributed by atoms with Crippen LogP contribution in [0.25, 0.3) is 0 Å². The van der Waals surface area contributed by atoms with E-state index in [4.69, 9.17) is 10.00 Å². The first kappa shape index (κ1) is 13.7. The van der Waals surface area contributed by atoms with Crippen molar-refractivity contribution in [1.82, 2.24) is 5.32 Å². The Bertz CT molecular complexity index is 384. The van der Waals surface area contributed by atoms with Crippen LogP contribution >= 0.6 is 0 Å². The lowest BCUT2D eigenvalue weighted by Crippen LogP contribution is -2.32. The first-order valence-electron chi connectivity index (χ1n) is 6.01. The molecule has 17 heavy (non-hydrogen) atoms. The number of rotatable bonds is 6. The second-order valence-corrected chi connectivity index (χ2v) is 4.19. The van der Waals surface area contributed by atoms with E-state index in [1.54, 1.807) is 0 Å². The molecule has 1 aromatic carbocycles. The second-order valence-electron chi connectivity index (χ2n) is 4.19. The summed E-state index contributed by atoms with van der Waals surface area (Å²) in [5.74, 6) is 0. The van der Waals surface area contributed by atoms with E-state index in [0.717, 1.165) is 12.2 Å². The fourth-order valence-corrected chi connectivity index (χ4v) is 1.74. The summed E-state index contributed by atoms with van der Waals surface area (Å²) in [5.41, 5.74) is 1.83. The van der Waals surface area contributed by atoms with Gasteiger partial charge in [0.15, 0.2) is 0 Å². The van der Waals surface area contributed by atoms with Gasteiger partial charge >= 0.3 is 0 Å². The van der Waals surface area contributed by atoms with E-state index in [0.29, 0.717) is 18.2 Å². The van der Waals surface area contributed by atoms with Crippen molar-refractivity contribution in [2.75, 3.05) is 13.2 Å². The van der Waals surface area contributed by atoms with Gasteiger partial charge in [-0.15, -0.1) is 0 Å². The number of nitrogens with one attached hydrogen (secondary N) is 1. The third kappa shape index (κ3) is 4.56. The van der Waals surface area contributed by atoms with Crippen molar-refractivity contribution in [1.29, 1.82) is 5.26 Å². The molecule has 1 aromatic rings. The smallest absolute Gasteiger partial charge is 0.0991 e. The zero-order valence-corrected chi connectivity index (χ0v) is 10.7. The van der Waals surface area contributed by atoms with Crippen molar-refractivity contribution < 1.29 is 4.74 Å². The van der Waals surface area contributed by atoms with E-state index < -0.39 is 0 Å². The van der Waals surface area contributed by atoms with E-state index in [1.807, 2.05) is 31.2 Å². The molecule has 0 aromatic heterocycles. The zero-order valence-electron chi connectivity index (χ0n) is 10.7. The van der Waals surface area contributed by atoms with Crippen LogP contribution in [0.2, 0.25) is 0 Å². The van der Waals surface area contributed by atoms with Crippen LogP contribution in [0.5, 0.6) is 0 Å². The lowest BCUT2D eigenvalue weighted by Gasteiger charge is -2.20. The molecule has 0 saturated carbocycles. The molecular formula is C14H20N2O. The molecule has 0 fully saturated rings. The Morgan fingerprint density at radius 1 is 1.41 bits per heavy atom. The highest BCUT2D eigenvalue weighted by molar-refractivity contribution is 5.34. The van der Waals surface area contributed by atoms with Crippen LogP contribution in [-0.2, 0) is 4.74 Å². The molecule has 0 amide bonds. The standard InChI is InChI=1S/C14H20N2O/c1-4-17-10-11(2)16-12(3)14-7-5-6-13(8-14)9-15/h5-8,11-12,16H,4,10H2,1-3H3. The Hall–Kier alpha value is -1.37. The molecule has 2 atom stereocenters. The van der Waals surface area contributed by atoms with Crippen molar-refractivity contribution in [2.45, 2.75) is 32.9 Å². The Kier molecular flexibility index (Phi) is 5.68. The number of hydrogen-bond acceptors (Lipinski definition) is 3. The van der Waals surface area contributed by atoms with E-state index in [9.17, 15) is 0 Å². The van der Waals surface area contributed by atoms with Gasteiger partial charge in [0, 0.05) is 18.7 Å². The maximum Gasteiger partial charge on any atom is 0.0991 e. The highest BCUT2D eigenvalue weighted by atomic mass is 16.5. The van der Waals surface area contributed by atoms with Gasteiger partial charge in [-0.25, -0.2) is 0 Å². The van der Waals surface area contributed by atoms with E-state index in [2.05, 4.69) is 25.2 Å². The average molecular weight is 232 g/mol. The monoisotopic (exact) mass is 232 g/mol. The fourth-order valence-electron chi connectivity index (χ4n) is 1.74. The first-order chi connectivity index (χ1) is 8.17. The SMILES string of the molecule is CCOCC(C)NC(C)c1cccc(C#N)c1. The second kappa shape index (κ2) is 7.05. The molecule has 0 saturated heterocycles. The quantitative estimate of drug-likeness (QED) is 0.820. The third-order valence-electron chi connectivity index (χ3n) is 2.62. The van der Waals surface area contributed by atoms with Crippen molar-refractivity contribution in [3.8, 4) is 6.07 Å². The number of ether oxygens (including phenoxy) is 1. The Morgan fingerprint density at radius 2 is 2.18 bits per heavy atom. The molecule has 0 radical (unpaired) electrons. The van der Waals surface area contributed by atoms with Crippen molar-refractivity contribution >= 4 is 0 Å². The van der Waals surface area contributed by atoms with E-state index >= 15 is 0 Å². The molecule has 0 bridgehead atoms. The maximum absolute atomic E-state index is 8.85. The summed E-state index contributed by atoms with van der Waals surface area (Å²) in [7, 11) is 0. The maximum atomic E-state index is 8.85. The minimum Gasteiger partial charge on any atom is -0.380 e. The van der Waals surface area contributed by atoms with Gasteiger partial charge in [-0.05, 0) is 38.5 Å². The summed E-state index contributed by atoms with van der Waals surface area (Å²) in [6.45, 7) is 7.63. The van der Waals surface area contributed by atoms with Crippen LogP contribution in [0, 0.1) is 11.3 Å². The molecule has 1 rings (SSSR count). The first-order valence-corrected chi connectivity index (χ1v) is 6.01. The summed E-state index contributed by atoms with van der Waals surface area (Å²) in [6.07, 6.45) is 0.